The third-order valence-corrected chi connectivity index (χ3v) is 5.10. The van der Waals surface area contributed by atoms with Gasteiger partial charge in [0.15, 0.2) is 11.5 Å². The van der Waals surface area contributed by atoms with E-state index in [0.29, 0.717) is 43.0 Å². The number of rotatable bonds is 6. The molecule has 1 saturated carbocycles. The van der Waals surface area contributed by atoms with Gasteiger partial charge in [0.1, 0.15) is 18.1 Å². The lowest BCUT2D eigenvalue weighted by molar-refractivity contribution is -0.133. The van der Waals surface area contributed by atoms with Crippen molar-refractivity contribution in [2.45, 2.75) is 45.0 Å². The van der Waals surface area contributed by atoms with Gasteiger partial charge in [-0.2, -0.15) is 0 Å². The van der Waals surface area contributed by atoms with E-state index in [-0.39, 0.29) is 30.5 Å². The molecule has 8 heteroatoms. The molecule has 1 aromatic carbocycles. The molecule has 1 fully saturated rings. The molecule has 0 saturated heterocycles. The Bertz CT molecular complexity index is 936. The van der Waals surface area contributed by atoms with E-state index in [4.69, 9.17) is 9.26 Å². The lowest BCUT2D eigenvalue weighted by Crippen LogP contribution is -2.44. The minimum Gasteiger partial charge on any atom is -0.485 e. The molecular formula is C20H21N3O5. The maximum atomic E-state index is 12.8. The van der Waals surface area contributed by atoms with Crippen molar-refractivity contribution in [3.05, 3.63) is 46.8 Å². The highest BCUT2D eigenvalue weighted by Crippen LogP contribution is 2.34. The molecule has 146 valence electrons. The van der Waals surface area contributed by atoms with E-state index in [0.717, 1.165) is 11.3 Å². The molecule has 0 radical (unpaired) electrons. The Hall–Kier alpha value is -3.00. The molecule has 2 aromatic rings. The lowest BCUT2D eigenvalue weighted by atomic mass is 9.92. The minimum absolute atomic E-state index is 0.0564. The van der Waals surface area contributed by atoms with Crippen LogP contribution in [0, 0.1) is 0 Å². The predicted octanol–water partition coefficient (Wildman–Crippen LogP) is 1.62. The number of benzene rings is 1. The molecule has 2 aliphatic rings. The quantitative estimate of drug-likeness (QED) is 0.756. The maximum Gasteiger partial charge on any atom is 0.255 e. The van der Waals surface area contributed by atoms with Crippen LogP contribution in [0.1, 0.15) is 46.6 Å². The summed E-state index contributed by atoms with van der Waals surface area (Å²) < 4.78 is 11.1. The van der Waals surface area contributed by atoms with Gasteiger partial charge in [-0.25, -0.2) is 0 Å². The van der Waals surface area contributed by atoms with Crippen molar-refractivity contribution < 1.29 is 23.6 Å². The Labute approximate surface area is 161 Å². The summed E-state index contributed by atoms with van der Waals surface area (Å²) in [4.78, 5) is 38.1. The first kappa shape index (κ1) is 18.4. The Morgan fingerprint density at radius 1 is 1.32 bits per heavy atom. The Morgan fingerprint density at radius 2 is 2.18 bits per heavy atom. The molecule has 8 nitrogen and oxygen atoms in total. The number of hydrogen-bond donors (Lipinski definition) is 1. The van der Waals surface area contributed by atoms with Gasteiger partial charge in [-0.3, -0.25) is 14.4 Å². The molecule has 1 aliphatic carbocycles. The number of hydrogen-bond acceptors (Lipinski definition) is 7. The van der Waals surface area contributed by atoms with Crippen LogP contribution in [0.3, 0.4) is 0 Å². The molecule has 2 heterocycles. The second-order valence-electron chi connectivity index (χ2n) is 7.06. The molecule has 1 aromatic heterocycles. The number of Topliss-reactive ketones (excluding diaryl/α,β-unsaturated/α-hetero) is 2. The molecular weight excluding hydrogens is 362 g/mol. The van der Waals surface area contributed by atoms with Gasteiger partial charge in [0, 0.05) is 30.2 Å². The maximum absolute atomic E-state index is 12.8. The Morgan fingerprint density at radius 3 is 2.96 bits per heavy atom. The van der Waals surface area contributed by atoms with Crippen LogP contribution in [0.15, 0.2) is 28.8 Å². The van der Waals surface area contributed by atoms with Crippen molar-refractivity contribution >= 4 is 17.5 Å². The number of nitrogens with zero attached hydrogens (tertiary/aromatic N) is 2. The molecule has 1 unspecified atom stereocenters. The number of aromatic nitrogens is 1. The lowest BCUT2D eigenvalue weighted by Gasteiger charge is -2.29. The summed E-state index contributed by atoms with van der Waals surface area (Å²) >= 11 is 0. The van der Waals surface area contributed by atoms with Crippen molar-refractivity contribution in [3.63, 3.8) is 0 Å². The minimum atomic E-state index is -0.538. The summed E-state index contributed by atoms with van der Waals surface area (Å²) in [5.41, 5.74) is 2.08. The topological polar surface area (TPSA) is 102 Å². The van der Waals surface area contributed by atoms with Crippen LogP contribution in [0.5, 0.6) is 5.75 Å². The van der Waals surface area contributed by atoms with E-state index in [9.17, 15) is 14.4 Å². The second kappa shape index (κ2) is 7.55. The highest BCUT2D eigenvalue weighted by molar-refractivity contribution is 6.07. The summed E-state index contributed by atoms with van der Waals surface area (Å²) in [6.45, 7) is 1.10. The van der Waals surface area contributed by atoms with Crippen molar-refractivity contribution in [3.8, 4) is 5.75 Å². The van der Waals surface area contributed by atoms with Crippen molar-refractivity contribution in [2.75, 3.05) is 7.05 Å². The van der Waals surface area contributed by atoms with E-state index >= 15 is 0 Å². The van der Waals surface area contributed by atoms with Crippen LogP contribution in [0.25, 0.3) is 0 Å². The first-order valence-corrected chi connectivity index (χ1v) is 9.26. The molecule has 4 rings (SSSR count). The molecule has 0 spiro atoms. The van der Waals surface area contributed by atoms with Gasteiger partial charge in [-0.05, 0) is 25.6 Å². The smallest absolute Gasteiger partial charge is 0.255 e. The van der Waals surface area contributed by atoms with E-state index in [1.165, 1.54) is 0 Å². The molecule has 1 atom stereocenters. The number of ketones is 2. The molecule has 1 amide bonds. The molecule has 1 N–H and O–H groups in total. The number of ether oxygens (including phenoxy) is 1. The van der Waals surface area contributed by atoms with Crippen molar-refractivity contribution in [2.24, 2.45) is 0 Å². The zero-order valence-electron chi connectivity index (χ0n) is 15.6. The van der Waals surface area contributed by atoms with Crippen LogP contribution in [0.4, 0.5) is 0 Å². The SMILES string of the molecule is CNCc1cc(COc2cccc3c2CN(C2CCC(=O)CC2=O)C3=O)on1. The third-order valence-electron chi connectivity index (χ3n) is 5.10. The number of fused-ring (bicyclic) bond motifs is 1. The van der Waals surface area contributed by atoms with Crippen molar-refractivity contribution in [1.82, 2.24) is 15.4 Å². The Balaban J connectivity index is 1.49. The predicted molar refractivity (Wildman–Crippen MR) is 97.6 cm³/mol. The van der Waals surface area contributed by atoms with Gasteiger partial charge in [0.25, 0.3) is 5.91 Å². The van der Waals surface area contributed by atoms with Crippen molar-refractivity contribution in [1.29, 1.82) is 0 Å². The summed E-state index contributed by atoms with van der Waals surface area (Å²) in [7, 11) is 1.83. The number of nitrogens with one attached hydrogen (secondary N) is 1. The molecule has 28 heavy (non-hydrogen) atoms. The van der Waals surface area contributed by atoms with Crippen LogP contribution in [-0.4, -0.2) is 40.6 Å². The third kappa shape index (κ3) is 3.43. The number of amides is 1. The van der Waals surface area contributed by atoms with Crippen LogP contribution < -0.4 is 10.1 Å². The van der Waals surface area contributed by atoms with Gasteiger partial charge in [-0.15, -0.1) is 0 Å². The number of carbonyl (C=O) groups is 3. The largest absolute Gasteiger partial charge is 0.485 e. The first-order chi connectivity index (χ1) is 13.6. The zero-order chi connectivity index (χ0) is 19.7. The first-order valence-electron chi connectivity index (χ1n) is 9.26. The Kier molecular flexibility index (Phi) is 4.95. The van der Waals surface area contributed by atoms with Crippen LogP contribution in [0.2, 0.25) is 0 Å². The summed E-state index contributed by atoms with van der Waals surface area (Å²) in [6, 6.07) is 6.57. The molecule has 1 aliphatic heterocycles. The van der Waals surface area contributed by atoms with Gasteiger partial charge in [0.2, 0.25) is 0 Å². The van der Waals surface area contributed by atoms with Gasteiger partial charge < -0.3 is 19.5 Å². The highest BCUT2D eigenvalue weighted by atomic mass is 16.5. The molecule has 0 bridgehead atoms. The van der Waals surface area contributed by atoms with E-state index in [1.807, 2.05) is 13.1 Å². The monoisotopic (exact) mass is 383 g/mol. The van der Waals surface area contributed by atoms with Gasteiger partial charge in [0.05, 0.1) is 24.7 Å². The van der Waals surface area contributed by atoms with Gasteiger partial charge in [-0.1, -0.05) is 11.2 Å². The average Bonchev–Trinajstić information content (AvgIpc) is 3.26. The van der Waals surface area contributed by atoms with Gasteiger partial charge >= 0.3 is 0 Å². The fourth-order valence-corrected chi connectivity index (χ4v) is 3.74. The standard InChI is InChI=1S/C20H21N3O5/c1-21-9-12-7-14(28-22-12)11-27-19-4-2-3-15-16(19)10-23(20(15)26)17-6-5-13(24)8-18(17)25/h2-4,7,17,21H,5-6,8-11H2,1H3. The normalized spacial score (nSPS) is 19.2. The average molecular weight is 383 g/mol. The summed E-state index contributed by atoms with van der Waals surface area (Å²) in [6.07, 6.45) is 0.634. The van der Waals surface area contributed by atoms with E-state index in [2.05, 4.69) is 10.5 Å². The summed E-state index contributed by atoms with van der Waals surface area (Å²) in [5.74, 6) is 0.742. The second-order valence-corrected chi connectivity index (χ2v) is 7.06. The zero-order valence-corrected chi connectivity index (χ0v) is 15.6. The van der Waals surface area contributed by atoms with E-state index < -0.39 is 6.04 Å². The van der Waals surface area contributed by atoms with Crippen LogP contribution >= 0.6 is 0 Å². The summed E-state index contributed by atoms with van der Waals surface area (Å²) in [5, 5.41) is 6.94. The number of carbonyl (C=O) groups excluding carboxylic acids is 3. The fourth-order valence-electron chi connectivity index (χ4n) is 3.74. The fraction of sp³-hybridized carbons (Fsp3) is 0.400. The van der Waals surface area contributed by atoms with E-state index in [1.54, 1.807) is 23.1 Å². The van der Waals surface area contributed by atoms with Crippen LogP contribution in [-0.2, 0) is 29.3 Å². The highest BCUT2D eigenvalue weighted by Gasteiger charge is 2.39.